The standard InChI is InChI=1S/C85H142O17P2/c1-5-9-13-17-21-25-29-33-35-37-39-41-43-47-50-54-58-62-66-70-83(88)96-76-81(102-85(90)72-68-64-60-56-52-48-44-42-40-38-36-34-30-26-22-18-14-10-6-2)78-100-104(93,94)98-74-79(86)73-97-103(91,92)99-77-80(101-84(89)71-67-63-59-55-51-46-32-28-24-20-16-12-8-4)75-95-82(87)69-65-61-57-53-49-45-31-27-23-19-15-11-7-3/h9-10,13-14,21-22,25-26,33-36,39-42,47-48,50,52,58,60,62,64,79-81,86H,5-8,11-12,15-20,23-24,27-32,37-38,43-46,49,51,53-57,59,61,63,65-78H2,1-4H3,(H,91,92)(H,93,94)/b13-9-,14-10-,25-21-,26-22-,35-33-,36-34-,41-39-,42-40-,50-47-,52-48-,62-58-,64-60-/t79-,80+,81+/m0/s1. The number of rotatable bonds is 74. The van der Waals surface area contributed by atoms with Crippen molar-refractivity contribution in [3.63, 3.8) is 0 Å². The smallest absolute Gasteiger partial charge is 0.462 e. The first-order valence-electron chi connectivity index (χ1n) is 40.1. The highest BCUT2D eigenvalue weighted by Crippen LogP contribution is 2.45. The molecule has 19 heteroatoms. The highest BCUT2D eigenvalue weighted by molar-refractivity contribution is 7.47. The zero-order valence-corrected chi connectivity index (χ0v) is 66.7. The van der Waals surface area contributed by atoms with Crippen molar-refractivity contribution in [3.05, 3.63) is 146 Å². The summed E-state index contributed by atoms with van der Waals surface area (Å²) in [6, 6.07) is 0. The predicted molar refractivity (Wildman–Crippen MR) is 427 cm³/mol. The van der Waals surface area contributed by atoms with Gasteiger partial charge in [-0.25, -0.2) is 9.13 Å². The van der Waals surface area contributed by atoms with Crippen molar-refractivity contribution in [3.8, 4) is 0 Å². The molecule has 0 bridgehead atoms. The Morgan fingerprint density at radius 2 is 0.500 bits per heavy atom. The van der Waals surface area contributed by atoms with Crippen LogP contribution in [-0.2, 0) is 65.4 Å². The van der Waals surface area contributed by atoms with Gasteiger partial charge in [-0.05, 0) is 103 Å². The number of ether oxygens (including phenoxy) is 4. The Morgan fingerprint density at radius 1 is 0.279 bits per heavy atom. The van der Waals surface area contributed by atoms with Crippen LogP contribution in [0.4, 0.5) is 0 Å². The van der Waals surface area contributed by atoms with E-state index in [0.717, 1.165) is 109 Å². The first-order valence-corrected chi connectivity index (χ1v) is 43.1. The molecule has 2 unspecified atom stereocenters. The predicted octanol–water partition coefficient (Wildman–Crippen LogP) is 23.4. The Kier molecular flexibility index (Phi) is 72.4. The van der Waals surface area contributed by atoms with Gasteiger partial charge in [0.15, 0.2) is 12.2 Å². The van der Waals surface area contributed by atoms with Gasteiger partial charge in [0, 0.05) is 25.7 Å². The lowest BCUT2D eigenvalue weighted by Crippen LogP contribution is -2.30. The SMILES string of the molecule is CC/C=C\C/C=C\C/C=C\C/C=C\C/C=C\C/C=C\CCC(=O)OC[C@H](COP(=O)(O)OC[C@@H](O)COP(=O)(O)OC[C@@H](COC(=O)CCCCCCCCCCCCCCC)OC(=O)CCCCCCCCCCCCCCC)OC(=O)CC/C=C\C/C=C\C/C=C\C/C=C\C/C=C\C/C=C\CC. The summed E-state index contributed by atoms with van der Waals surface area (Å²) in [6.45, 7) is 4.49. The molecule has 0 aromatic heterocycles. The summed E-state index contributed by atoms with van der Waals surface area (Å²) in [4.78, 5) is 72.9. The minimum absolute atomic E-state index is 0.0162. The van der Waals surface area contributed by atoms with Gasteiger partial charge in [-0.2, -0.15) is 0 Å². The Bertz CT molecular complexity index is 2540. The number of aliphatic hydroxyl groups excluding tert-OH is 1. The van der Waals surface area contributed by atoms with Crippen LogP contribution >= 0.6 is 15.6 Å². The van der Waals surface area contributed by atoms with Gasteiger partial charge in [-0.15, -0.1) is 0 Å². The Labute approximate surface area is 630 Å². The second-order valence-corrected chi connectivity index (χ2v) is 29.2. The van der Waals surface area contributed by atoms with E-state index < -0.39 is 97.5 Å². The minimum Gasteiger partial charge on any atom is -0.462 e. The summed E-state index contributed by atoms with van der Waals surface area (Å²) in [5.41, 5.74) is 0. The fraction of sp³-hybridized carbons (Fsp3) is 0.671. The third kappa shape index (κ3) is 75.2. The largest absolute Gasteiger partial charge is 0.472 e. The van der Waals surface area contributed by atoms with Gasteiger partial charge in [-0.3, -0.25) is 37.3 Å². The molecule has 0 aromatic rings. The van der Waals surface area contributed by atoms with Crippen LogP contribution in [0.15, 0.2) is 146 Å². The molecule has 0 amide bonds. The molecule has 0 spiro atoms. The highest BCUT2D eigenvalue weighted by atomic mass is 31.2. The first-order chi connectivity index (χ1) is 50.7. The molecule has 17 nitrogen and oxygen atoms in total. The molecule has 0 aliphatic carbocycles. The molecule has 0 fully saturated rings. The van der Waals surface area contributed by atoms with E-state index in [1.165, 1.54) is 109 Å². The van der Waals surface area contributed by atoms with Crippen molar-refractivity contribution < 1.29 is 80.2 Å². The van der Waals surface area contributed by atoms with Crippen LogP contribution in [0.3, 0.4) is 0 Å². The van der Waals surface area contributed by atoms with Gasteiger partial charge >= 0.3 is 39.5 Å². The van der Waals surface area contributed by atoms with Crippen LogP contribution in [0.5, 0.6) is 0 Å². The fourth-order valence-corrected chi connectivity index (χ4v) is 11.9. The second kappa shape index (κ2) is 76.1. The molecule has 0 saturated heterocycles. The van der Waals surface area contributed by atoms with Gasteiger partial charge in [0.2, 0.25) is 0 Å². The molecule has 104 heavy (non-hydrogen) atoms. The lowest BCUT2D eigenvalue weighted by atomic mass is 10.0. The van der Waals surface area contributed by atoms with Crippen LogP contribution in [0.1, 0.15) is 310 Å². The summed E-state index contributed by atoms with van der Waals surface area (Å²) in [5.74, 6) is -2.37. The van der Waals surface area contributed by atoms with E-state index in [0.29, 0.717) is 38.5 Å². The molecular formula is C85H142O17P2. The fourth-order valence-electron chi connectivity index (χ4n) is 10.3. The van der Waals surface area contributed by atoms with Crippen LogP contribution in [0.2, 0.25) is 0 Å². The van der Waals surface area contributed by atoms with E-state index in [4.69, 9.17) is 37.0 Å². The molecular weight excluding hydrogens is 1350 g/mol. The molecule has 3 N–H and O–H groups in total. The zero-order valence-electron chi connectivity index (χ0n) is 64.9. The number of unbranched alkanes of at least 4 members (excludes halogenated alkanes) is 24. The number of aliphatic hydroxyl groups is 1. The summed E-state index contributed by atoms with van der Waals surface area (Å²) >= 11 is 0. The highest BCUT2D eigenvalue weighted by Gasteiger charge is 2.30. The molecule has 0 heterocycles. The van der Waals surface area contributed by atoms with Crippen molar-refractivity contribution in [2.24, 2.45) is 0 Å². The van der Waals surface area contributed by atoms with Crippen molar-refractivity contribution >= 4 is 39.5 Å². The van der Waals surface area contributed by atoms with Crippen molar-refractivity contribution in [2.75, 3.05) is 39.6 Å². The molecule has 0 aliphatic rings. The lowest BCUT2D eigenvalue weighted by molar-refractivity contribution is -0.161. The molecule has 0 rings (SSSR count). The Morgan fingerprint density at radius 3 is 0.788 bits per heavy atom. The number of phosphoric acid groups is 2. The monoisotopic (exact) mass is 1500 g/mol. The van der Waals surface area contributed by atoms with Gasteiger partial charge in [-0.1, -0.05) is 328 Å². The normalized spacial score (nSPS) is 14.6. The quantitative estimate of drug-likeness (QED) is 0.0169. The average Bonchev–Trinajstić information content (AvgIpc) is 0.906. The number of carbonyl (C=O) groups excluding carboxylic acids is 4. The first kappa shape index (κ1) is 98.9. The maximum atomic E-state index is 13.1. The summed E-state index contributed by atoms with van der Waals surface area (Å²) in [6.07, 6.45) is 87.2. The van der Waals surface area contributed by atoms with Crippen molar-refractivity contribution in [1.82, 2.24) is 0 Å². The molecule has 0 saturated carbocycles. The van der Waals surface area contributed by atoms with E-state index in [9.17, 15) is 43.2 Å². The summed E-state index contributed by atoms with van der Waals surface area (Å²) in [5, 5.41) is 10.6. The average molecular weight is 1500 g/mol. The van der Waals surface area contributed by atoms with E-state index in [2.05, 4.69) is 137 Å². The van der Waals surface area contributed by atoms with Crippen LogP contribution in [0, 0.1) is 0 Å². The van der Waals surface area contributed by atoms with Gasteiger partial charge in [0.25, 0.3) is 0 Å². The Hall–Kier alpha value is -5.06. The number of phosphoric ester groups is 2. The van der Waals surface area contributed by atoms with E-state index >= 15 is 0 Å². The maximum Gasteiger partial charge on any atom is 0.472 e. The molecule has 0 aromatic carbocycles. The second-order valence-electron chi connectivity index (χ2n) is 26.3. The third-order valence-electron chi connectivity index (χ3n) is 16.4. The molecule has 594 valence electrons. The molecule has 0 aliphatic heterocycles. The zero-order chi connectivity index (χ0) is 76.0. The lowest BCUT2D eigenvalue weighted by Gasteiger charge is -2.21. The van der Waals surface area contributed by atoms with Gasteiger partial charge in [0.1, 0.15) is 19.3 Å². The molecule has 5 atom stereocenters. The van der Waals surface area contributed by atoms with Crippen molar-refractivity contribution in [2.45, 2.75) is 329 Å². The number of allylic oxidation sites excluding steroid dienone is 24. The van der Waals surface area contributed by atoms with Crippen molar-refractivity contribution in [1.29, 1.82) is 0 Å². The van der Waals surface area contributed by atoms with Crippen LogP contribution < -0.4 is 0 Å². The van der Waals surface area contributed by atoms with Crippen LogP contribution in [0.25, 0.3) is 0 Å². The summed E-state index contributed by atoms with van der Waals surface area (Å²) in [7, 11) is -10.0. The number of hydrogen-bond donors (Lipinski definition) is 3. The van der Waals surface area contributed by atoms with Gasteiger partial charge < -0.3 is 33.8 Å². The third-order valence-corrected chi connectivity index (χ3v) is 18.3. The maximum absolute atomic E-state index is 13.1. The number of esters is 4. The summed E-state index contributed by atoms with van der Waals surface area (Å²) < 4.78 is 68.4. The Balaban J connectivity index is 5.49. The van der Waals surface area contributed by atoms with Crippen LogP contribution in [-0.4, -0.2) is 96.7 Å². The van der Waals surface area contributed by atoms with E-state index in [-0.39, 0.29) is 25.7 Å². The number of hydrogen-bond acceptors (Lipinski definition) is 15. The number of carbonyl (C=O) groups is 4. The topological polar surface area (TPSA) is 237 Å². The van der Waals surface area contributed by atoms with Gasteiger partial charge in [0.05, 0.1) is 26.4 Å². The minimum atomic E-state index is -5.02. The van der Waals surface area contributed by atoms with E-state index in [1.54, 1.807) is 0 Å². The van der Waals surface area contributed by atoms with E-state index in [1.807, 2.05) is 36.5 Å². The molecule has 0 radical (unpaired) electrons.